The second-order valence-electron chi connectivity index (χ2n) is 8.91. The lowest BCUT2D eigenvalue weighted by Gasteiger charge is -2.18. The minimum atomic E-state index is -0.444. The van der Waals surface area contributed by atoms with E-state index in [9.17, 15) is 8.78 Å². The predicted molar refractivity (Wildman–Crippen MR) is 135 cm³/mol. The van der Waals surface area contributed by atoms with Crippen molar-refractivity contribution in [2.24, 2.45) is 0 Å². The standard InChI is InChI=1S/C15H16FN3.C11H8FN3.2CO2/c1-10-12(15(2,3)4)9-18-19(10)14-6-5-11(8-17)7-13(14)16;1-8-4-5-14-15(8)11-3-2-9(7-13)6-10(11)12;2*2-1-3/h5-7,9H,1-4H3;2-6H,1H3;;. The summed E-state index contributed by atoms with van der Waals surface area (Å²) >= 11 is 0. The van der Waals surface area contributed by atoms with E-state index in [-0.39, 0.29) is 17.7 Å². The summed E-state index contributed by atoms with van der Waals surface area (Å²) in [5.41, 5.74) is 4.14. The van der Waals surface area contributed by atoms with E-state index < -0.39 is 11.6 Å². The van der Waals surface area contributed by atoms with Gasteiger partial charge in [0.2, 0.25) is 0 Å². The van der Waals surface area contributed by atoms with E-state index in [1.165, 1.54) is 16.8 Å². The SMILES string of the molecule is Cc1c(C(C)(C)C)cnn1-c1ccc(C#N)cc1F.Cc1ccnn1-c1ccc(C#N)cc1F.O=C=O.O=C=O. The molecule has 2 aromatic heterocycles. The molecule has 0 aliphatic heterocycles. The maximum Gasteiger partial charge on any atom is 0.373 e. The summed E-state index contributed by atoms with van der Waals surface area (Å²) in [7, 11) is 0. The summed E-state index contributed by atoms with van der Waals surface area (Å²) in [5, 5.41) is 25.6. The maximum atomic E-state index is 14.0. The Labute approximate surface area is 228 Å². The van der Waals surface area contributed by atoms with Crippen molar-refractivity contribution in [2.75, 3.05) is 0 Å². The molecule has 10 nitrogen and oxygen atoms in total. The van der Waals surface area contributed by atoms with Gasteiger partial charge in [-0.25, -0.2) is 18.1 Å². The molecule has 2 heterocycles. The minimum Gasteiger partial charge on any atom is -0.235 e. The maximum absolute atomic E-state index is 14.0. The van der Waals surface area contributed by atoms with Crippen molar-refractivity contribution in [3.8, 4) is 23.5 Å². The molecule has 12 heteroatoms. The van der Waals surface area contributed by atoms with E-state index in [0.717, 1.165) is 17.0 Å². The van der Waals surface area contributed by atoms with E-state index in [0.29, 0.717) is 22.5 Å². The quantitative estimate of drug-likeness (QED) is 0.356. The highest BCUT2D eigenvalue weighted by molar-refractivity contribution is 5.43. The van der Waals surface area contributed by atoms with Crippen LogP contribution in [0.2, 0.25) is 0 Å². The Balaban J connectivity index is 0.000000340. The number of carbonyl (C=O) groups excluding carboxylic acids is 4. The second-order valence-corrected chi connectivity index (χ2v) is 8.91. The summed E-state index contributed by atoms with van der Waals surface area (Å²) < 4.78 is 30.6. The van der Waals surface area contributed by atoms with Gasteiger partial charge in [-0.1, -0.05) is 20.8 Å². The third-order valence-electron chi connectivity index (χ3n) is 5.26. The molecule has 0 saturated heterocycles. The zero-order valence-electron chi connectivity index (χ0n) is 22.3. The van der Waals surface area contributed by atoms with Crippen molar-refractivity contribution in [3.63, 3.8) is 0 Å². The van der Waals surface area contributed by atoms with Crippen molar-refractivity contribution in [2.45, 2.75) is 40.0 Å². The minimum absolute atomic E-state index is 0.0363. The Bertz CT molecular complexity index is 1600. The van der Waals surface area contributed by atoms with Crippen LogP contribution in [0.3, 0.4) is 0 Å². The van der Waals surface area contributed by atoms with Crippen LogP contribution in [0.5, 0.6) is 0 Å². The van der Waals surface area contributed by atoms with Crippen molar-refractivity contribution >= 4 is 12.3 Å². The summed E-state index contributed by atoms with van der Waals surface area (Å²) in [4.78, 5) is 32.5. The third kappa shape index (κ3) is 8.51. The number of hydrogen-bond acceptors (Lipinski definition) is 8. The first-order valence-electron chi connectivity index (χ1n) is 11.3. The topological polar surface area (TPSA) is 151 Å². The summed E-state index contributed by atoms with van der Waals surface area (Å²) in [5.74, 6) is -0.883. The molecule has 204 valence electrons. The van der Waals surface area contributed by atoms with Gasteiger partial charge in [0, 0.05) is 17.6 Å². The van der Waals surface area contributed by atoms with Crippen molar-refractivity contribution in [1.29, 1.82) is 10.5 Å². The van der Waals surface area contributed by atoms with Gasteiger partial charge in [0.1, 0.15) is 23.0 Å². The first kappa shape index (κ1) is 32.5. The molecule has 0 atom stereocenters. The number of aromatic nitrogens is 4. The molecule has 40 heavy (non-hydrogen) atoms. The van der Waals surface area contributed by atoms with Gasteiger partial charge in [0.25, 0.3) is 0 Å². The van der Waals surface area contributed by atoms with Crippen LogP contribution in [0.15, 0.2) is 54.9 Å². The zero-order chi connectivity index (χ0) is 30.5. The average molecular weight is 547 g/mol. The molecular formula is C28H24F2N6O4. The Kier molecular flexibility index (Phi) is 12.2. The molecule has 0 amide bonds. The van der Waals surface area contributed by atoms with Crippen LogP contribution < -0.4 is 0 Å². The summed E-state index contributed by atoms with van der Waals surface area (Å²) in [6.07, 6.45) is 3.87. The van der Waals surface area contributed by atoms with Gasteiger partial charge >= 0.3 is 12.3 Å². The lowest BCUT2D eigenvalue weighted by atomic mass is 9.87. The fraction of sp³-hybridized carbons (Fsp3) is 0.214. The molecule has 0 saturated carbocycles. The Hall–Kier alpha value is -5.54. The predicted octanol–water partition coefficient (Wildman–Crippen LogP) is 4.51. The van der Waals surface area contributed by atoms with Gasteiger partial charge in [-0.15, -0.1) is 0 Å². The molecule has 2 aromatic carbocycles. The third-order valence-corrected chi connectivity index (χ3v) is 5.26. The lowest BCUT2D eigenvalue weighted by Crippen LogP contribution is -2.12. The Morgan fingerprint density at radius 1 is 0.750 bits per heavy atom. The van der Waals surface area contributed by atoms with Gasteiger partial charge in [-0.05, 0) is 67.3 Å². The number of nitrogens with zero attached hydrogens (tertiary/aromatic N) is 6. The van der Waals surface area contributed by atoms with E-state index in [1.54, 1.807) is 47.4 Å². The number of rotatable bonds is 2. The normalized spacial score (nSPS) is 9.53. The fourth-order valence-corrected chi connectivity index (χ4v) is 3.51. The van der Waals surface area contributed by atoms with Crippen LogP contribution in [0, 0.1) is 48.1 Å². The summed E-state index contributed by atoms with van der Waals surface area (Å²) in [6.45, 7) is 10.0. The van der Waals surface area contributed by atoms with E-state index in [1.807, 2.05) is 26.0 Å². The molecule has 0 aliphatic carbocycles. The van der Waals surface area contributed by atoms with Gasteiger partial charge in [-0.2, -0.15) is 39.9 Å². The number of halogens is 2. The molecule has 0 spiro atoms. The van der Waals surface area contributed by atoms with Crippen molar-refractivity contribution in [1.82, 2.24) is 19.6 Å². The molecule has 0 radical (unpaired) electrons. The zero-order valence-corrected chi connectivity index (χ0v) is 22.3. The monoisotopic (exact) mass is 546 g/mol. The molecule has 4 rings (SSSR count). The largest absolute Gasteiger partial charge is 0.373 e. The first-order chi connectivity index (χ1) is 18.9. The van der Waals surface area contributed by atoms with Crippen molar-refractivity contribution in [3.05, 3.63) is 94.6 Å². The van der Waals surface area contributed by atoms with Crippen LogP contribution in [0.1, 0.15) is 48.8 Å². The second kappa shape index (κ2) is 15.0. The molecule has 0 unspecified atom stereocenters. The van der Waals surface area contributed by atoms with E-state index in [2.05, 4.69) is 31.0 Å². The highest BCUT2D eigenvalue weighted by Crippen LogP contribution is 2.27. The van der Waals surface area contributed by atoms with E-state index in [4.69, 9.17) is 29.7 Å². The number of nitriles is 2. The molecular weight excluding hydrogens is 522 g/mol. The number of hydrogen-bond donors (Lipinski definition) is 0. The first-order valence-corrected chi connectivity index (χ1v) is 11.3. The van der Waals surface area contributed by atoms with E-state index >= 15 is 0 Å². The Morgan fingerprint density at radius 3 is 1.52 bits per heavy atom. The van der Waals surface area contributed by atoms with Crippen LogP contribution in [0.25, 0.3) is 11.4 Å². The average Bonchev–Trinajstić information content (AvgIpc) is 3.50. The van der Waals surface area contributed by atoms with Gasteiger partial charge in [0.15, 0.2) is 0 Å². The fourth-order valence-electron chi connectivity index (χ4n) is 3.51. The number of aryl methyl sites for hydroxylation is 1. The number of benzene rings is 2. The van der Waals surface area contributed by atoms with Crippen molar-refractivity contribution < 1.29 is 28.0 Å². The molecule has 4 aromatic rings. The molecule has 0 fully saturated rings. The Morgan fingerprint density at radius 2 is 1.20 bits per heavy atom. The highest BCUT2D eigenvalue weighted by atomic mass is 19.1. The highest BCUT2D eigenvalue weighted by Gasteiger charge is 2.21. The lowest BCUT2D eigenvalue weighted by molar-refractivity contribution is -0.193. The molecule has 0 bridgehead atoms. The van der Waals surface area contributed by atoms with Gasteiger partial charge in [-0.3, -0.25) is 0 Å². The smallest absolute Gasteiger partial charge is 0.235 e. The van der Waals surface area contributed by atoms with Crippen LogP contribution in [0.4, 0.5) is 8.78 Å². The van der Waals surface area contributed by atoms with Crippen LogP contribution >= 0.6 is 0 Å². The van der Waals surface area contributed by atoms with Crippen LogP contribution in [-0.4, -0.2) is 31.9 Å². The molecule has 0 aliphatic rings. The van der Waals surface area contributed by atoms with Gasteiger partial charge < -0.3 is 0 Å². The molecule has 0 N–H and O–H groups in total. The summed E-state index contributed by atoms with van der Waals surface area (Å²) in [6, 6.07) is 14.3. The van der Waals surface area contributed by atoms with Gasteiger partial charge in [0.05, 0.1) is 29.5 Å². The van der Waals surface area contributed by atoms with Crippen LogP contribution in [-0.2, 0) is 24.6 Å².